The number of benzene rings is 1. The van der Waals surface area contributed by atoms with E-state index < -0.39 is 10.9 Å². The van der Waals surface area contributed by atoms with Crippen molar-refractivity contribution in [1.29, 1.82) is 0 Å². The van der Waals surface area contributed by atoms with Crippen molar-refractivity contribution in [3.63, 3.8) is 0 Å². The number of nitro benzene ring substituents is 1. The van der Waals surface area contributed by atoms with Crippen molar-refractivity contribution in [2.24, 2.45) is 11.8 Å². The Morgan fingerprint density at radius 3 is 2.45 bits per heavy atom. The van der Waals surface area contributed by atoms with Crippen molar-refractivity contribution < 1.29 is 14.8 Å². The Kier molecular flexibility index (Phi) is 3.92. The van der Waals surface area contributed by atoms with Gasteiger partial charge in [0, 0.05) is 25.2 Å². The lowest BCUT2D eigenvalue weighted by Gasteiger charge is -2.37. The number of piperidine rings is 1. The first-order chi connectivity index (χ1) is 9.38. The molecule has 1 fully saturated rings. The summed E-state index contributed by atoms with van der Waals surface area (Å²) in [6.45, 7) is 5.83. The maximum absolute atomic E-state index is 11.4. The highest BCUT2D eigenvalue weighted by atomic mass is 16.6. The molecule has 1 saturated heterocycles. The van der Waals surface area contributed by atoms with Crippen LogP contribution in [0.1, 0.15) is 30.6 Å². The second-order valence-electron chi connectivity index (χ2n) is 5.61. The maximum atomic E-state index is 11.4. The van der Waals surface area contributed by atoms with Gasteiger partial charge in [-0.2, -0.15) is 0 Å². The highest BCUT2D eigenvalue weighted by Gasteiger charge is 2.26. The zero-order valence-corrected chi connectivity index (χ0v) is 11.6. The van der Waals surface area contributed by atoms with Gasteiger partial charge in [0.1, 0.15) is 0 Å². The van der Waals surface area contributed by atoms with Crippen molar-refractivity contribution in [1.82, 2.24) is 0 Å². The standard InChI is InChI=1S/C14H18N2O4/c1-9-5-10(2)8-15(7-9)13-4-3-11(16(19)20)6-12(13)14(17)18/h3-4,6,9-10H,5,7-8H2,1-2H3,(H,17,18)/t9-,10+. The first-order valence-electron chi connectivity index (χ1n) is 6.65. The second kappa shape index (κ2) is 5.48. The zero-order valence-electron chi connectivity index (χ0n) is 11.6. The minimum Gasteiger partial charge on any atom is -0.478 e. The summed E-state index contributed by atoms with van der Waals surface area (Å²) in [6, 6.07) is 4.06. The van der Waals surface area contributed by atoms with Crippen LogP contribution in [0.15, 0.2) is 18.2 Å². The van der Waals surface area contributed by atoms with E-state index in [4.69, 9.17) is 0 Å². The first-order valence-corrected chi connectivity index (χ1v) is 6.65. The van der Waals surface area contributed by atoms with E-state index in [1.807, 2.05) is 4.90 Å². The van der Waals surface area contributed by atoms with Gasteiger partial charge in [0.05, 0.1) is 16.2 Å². The summed E-state index contributed by atoms with van der Waals surface area (Å²) in [6.07, 6.45) is 1.12. The molecule has 0 unspecified atom stereocenters. The number of non-ortho nitro benzene ring substituents is 1. The SMILES string of the molecule is C[C@@H]1C[C@H](C)CN(c2ccc([N+](=O)[O-])cc2C(=O)O)C1. The molecule has 108 valence electrons. The number of nitro groups is 1. The smallest absolute Gasteiger partial charge is 0.338 e. The van der Waals surface area contributed by atoms with E-state index >= 15 is 0 Å². The number of carbonyl (C=O) groups is 1. The topological polar surface area (TPSA) is 83.7 Å². The summed E-state index contributed by atoms with van der Waals surface area (Å²) in [5, 5.41) is 20.1. The Balaban J connectivity index is 2.40. The zero-order chi connectivity index (χ0) is 14.9. The molecule has 2 rings (SSSR count). The number of nitrogens with zero attached hydrogens (tertiary/aromatic N) is 2. The average Bonchev–Trinajstić information content (AvgIpc) is 2.36. The number of carboxylic acid groups (broad SMARTS) is 1. The Bertz CT molecular complexity index is 534. The van der Waals surface area contributed by atoms with Gasteiger partial charge in [0.15, 0.2) is 0 Å². The summed E-state index contributed by atoms with van der Waals surface area (Å²) in [4.78, 5) is 23.6. The fourth-order valence-corrected chi connectivity index (χ4v) is 2.94. The molecule has 0 spiro atoms. The number of anilines is 1. The highest BCUT2D eigenvalue weighted by molar-refractivity contribution is 5.95. The van der Waals surface area contributed by atoms with Gasteiger partial charge in [-0.1, -0.05) is 13.8 Å². The number of carboxylic acids is 1. The molecule has 0 bridgehead atoms. The fourth-order valence-electron chi connectivity index (χ4n) is 2.94. The van der Waals surface area contributed by atoms with Crippen molar-refractivity contribution >= 4 is 17.3 Å². The van der Waals surface area contributed by atoms with Crippen LogP contribution in [0, 0.1) is 22.0 Å². The summed E-state index contributed by atoms with van der Waals surface area (Å²) in [7, 11) is 0. The van der Waals surface area contributed by atoms with Gasteiger partial charge in [-0.3, -0.25) is 10.1 Å². The number of hydrogen-bond acceptors (Lipinski definition) is 4. The van der Waals surface area contributed by atoms with Crippen LogP contribution < -0.4 is 4.90 Å². The van der Waals surface area contributed by atoms with E-state index in [1.165, 1.54) is 6.07 Å². The molecule has 0 aromatic heterocycles. The predicted molar refractivity (Wildman–Crippen MR) is 75.2 cm³/mol. The first kappa shape index (κ1) is 14.3. The van der Waals surface area contributed by atoms with E-state index in [-0.39, 0.29) is 11.3 Å². The van der Waals surface area contributed by atoms with Gasteiger partial charge in [0.2, 0.25) is 0 Å². The van der Waals surface area contributed by atoms with Crippen LogP contribution >= 0.6 is 0 Å². The minimum absolute atomic E-state index is 0.000463. The maximum Gasteiger partial charge on any atom is 0.338 e. The molecule has 0 amide bonds. The van der Waals surface area contributed by atoms with Crippen LogP contribution in [-0.4, -0.2) is 29.1 Å². The molecular weight excluding hydrogens is 260 g/mol. The molecule has 2 atom stereocenters. The number of hydrogen-bond donors (Lipinski definition) is 1. The van der Waals surface area contributed by atoms with Crippen LogP contribution in [0.2, 0.25) is 0 Å². The van der Waals surface area contributed by atoms with E-state index in [0.717, 1.165) is 25.6 Å². The van der Waals surface area contributed by atoms with Crippen molar-refractivity contribution in [2.75, 3.05) is 18.0 Å². The van der Waals surface area contributed by atoms with E-state index in [1.54, 1.807) is 6.07 Å². The average molecular weight is 278 g/mol. The highest BCUT2D eigenvalue weighted by Crippen LogP contribution is 2.31. The molecule has 6 nitrogen and oxygen atoms in total. The number of rotatable bonds is 3. The Labute approximate surface area is 117 Å². The lowest BCUT2D eigenvalue weighted by Crippen LogP contribution is -2.39. The van der Waals surface area contributed by atoms with E-state index in [2.05, 4.69) is 13.8 Å². The van der Waals surface area contributed by atoms with Gasteiger partial charge in [0.25, 0.3) is 5.69 Å². The predicted octanol–water partition coefficient (Wildman–Crippen LogP) is 2.78. The third kappa shape index (κ3) is 2.89. The molecule has 1 N–H and O–H groups in total. The number of aromatic carboxylic acids is 1. The largest absolute Gasteiger partial charge is 0.478 e. The normalized spacial score (nSPS) is 22.6. The summed E-state index contributed by atoms with van der Waals surface area (Å²) in [5.41, 5.74) is 0.381. The molecule has 6 heteroatoms. The Hall–Kier alpha value is -2.11. The second-order valence-corrected chi connectivity index (χ2v) is 5.61. The minimum atomic E-state index is -1.13. The quantitative estimate of drug-likeness (QED) is 0.679. The molecule has 0 radical (unpaired) electrons. The summed E-state index contributed by atoms with van der Waals surface area (Å²) < 4.78 is 0. The molecule has 1 aromatic rings. The van der Waals surface area contributed by atoms with Crippen molar-refractivity contribution in [3.05, 3.63) is 33.9 Å². The third-order valence-corrected chi connectivity index (χ3v) is 3.63. The Morgan fingerprint density at radius 1 is 1.35 bits per heavy atom. The van der Waals surface area contributed by atoms with Gasteiger partial charge in [-0.25, -0.2) is 4.79 Å². The van der Waals surface area contributed by atoms with Crippen molar-refractivity contribution in [3.8, 4) is 0 Å². The molecule has 1 aromatic carbocycles. The summed E-state index contributed by atoms with van der Waals surface area (Å²) >= 11 is 0. The van der Waals surface area contributed by atoms with Gasteiger partial charge in [-0.15, -0.1) is 0 Å². The Morgan fingerprint density at radius 2 is 1.95 bits per heavy atom. The van der Waals surface area contributed by atoms with Crippen molar-refractivity contribution in [2.45, 2.75) is 20.3 Å². The molecule has 0 saturated carbocycles. The lowest BCUT2D eigenvalue weighted by molar-refractivity contribution is -0.384. The molecule has 0 aliphatic carbocycles. The monoisotopic (exact) mass is 278 g/mol. The lowest BCUT2D eigenvalue weighted by atomic mass is 9.91. The third-order valence-electron chi connectivity index (χ3n) is 3.63. The van der Waals surface area contributed by atoms with Crippen LogP contribution in [-0.2, 0) is 0 Å². The van der Waals surface area contributed by atoms with E-state index in [0.29, 0.717) is 17.5 Å². The van der Waals surface area contributed by atoms with E-state index in [9.17, 15) is 20.0 Å². The summed E-state index contributed by atoms with van der Waals surface area (Å²) in [5.74, 6) is -0.166. The molecule has 1 aliphatic rings. The molecular formula is C14H18N2O4. The molecule has 20 heavy (non-hydrogen) atoms. The fraction of sp³-hybridized carbons (Fsp3) is 0.500. The van der Waals surface area contributed by atoms with Gasteiger partial charge >= 0.3 is 5.97 Å². The van der Waals surface area contributed by atoms with Crippen LogP contribution in [0.3, 0.4) is 0 Å². The van der Waals surface area contributed by atoms with Crippen LogP contribution in [0.4, 0.5) is 11.4 Å². The van der Waals surface area contributed by atoms with Crippen LogP contribution in [0.5, 0.6) is 0 Å². The van der Waals surface area contributed by atoms with Gasteiger partial charge < -0.3 is 10.0 Å². The molecule has 1 heterocycles. The van der Waals surface area contributed by atoms with Crippen LogP contribution in [0.25, 0.3) is 0 Å². The molecule has 1 aliphatic heterocycles. The van der Waals surface area contributed by atoms with Gasteiger partial charge in [-0.05, 0) is 24.3 Å².